The first kappa shape index (κ1) is 19.5. The van der Waals surface area contributed by atoms with Crippen LogP contribution in [0.5, 0.6) is 0 Å². The van der Waals surface area contributed by atoms with Crippen molar-refractivity contribution in [1.82, 2.24) is 19.9 Å². The molecule has 2 aromatic heterocycles. The highest BCUT2D eigenvalue weighted by molar-refractivity contribution is 5.93. The standard InChI is InChI=1S/C22H28N4O4/c1-14-8-18(30-24-14)10-23-21(27)19-2-3-20-16-9-15(12-26(20)22(19)28)11-25(13-16)17-4-6-29-7-5-17/h2-3,8,15-17H,4-7,9-13H2,1H3,(H,23,27)/t15-,16+/m0/s1. The Morgan fingerprint density at radius 2 is 2.07 bits per heavy atom. The Kier molecular flexibility index (Phi) is 5.20. The van der Waals surface area contributed by atoms with Crippen molar-refractivity contribution in [3.05, 3.63) is 51.3 Å². The SMILES string of the molecule is Cc1cc(CNC(=O)c2ccc3n(c2=O)C[C@H]2C[C@@H]3CN(C3CCOCC3)C2)on1. The number of ether oxygens (including phenoxy) is 1. The molecule has 8 nitrogen and oxygen atoms in total. The van der Waals surface area contributed by atoms with Crippen LogP contribution in [0.1, 0.15) is 52.7 Å². The van der Waals surface area contributed by atoms with Gasteiger partial charge >= 0.3 is 0 Å². The smallest absolute Gasteiger partial charge is 0.263 e. The van der Waals surface area contributed by atoms with E-state index in [1.165, 1.54) is 0 Å². The molecule has 5 rings (SSSR count). The van der Waals surface area contributed by atoms with Gasteiger partial charge in [-0.3, -0.25) is 14.5 Å². The monoisotopic (exact) mass is 412 g/mol. The molecule has 2 saturated heterocycles. The molecule has 2 bridgehead atoms. The summed E-state index contributed by atoms with van der Waals surface area (Å²) in [6, 6.07) is 6.02. The average molecular weight is 412 g/mol. The molecule has 0 spiro atoms. The summed E-state index contributed by atoms with van der Waals surface area (Å²) in [4.78, 5) is 28.4. The van der Waals surface area contributed by atoms with Crippen molar-refractivity contribution in [2.45, 2.75) is 51.2 Å². The number of pyridine rings is 1. The lowest BCUT2D eigenvalue weighted by Crippen LogP contribution is -2.52. The molecule has 2 fully saturated rings. The van der Waals surface area contributed by atoms with Gasteiger partial charge in [-0.25, -0.2) is 0 Å². The normalized spacial score (nSPS) is 24.4. The van der Waals surface area contributed by atoms with Crippen molar-refractivity contribution in [2.75, 3.05) is 26.3 Å². The van der Waals surface area contributed by atoms with Gasteiger partial charge in [0.25, 0.3) is 11.5 Å². The fourth-order valence-corrected chi connectivity index (χ4v) is 5.27. The van der Waals surface area contributed by atoms with Gasteiger partial charge in [0, 0.05) is 56.6 Å². The third-order valence-electron chi connectivity index (χ3n) is 6.68. The summed E-state index contributed by atoms with van der Waals surface area (Å²) >= 11 is 0. The number of nitrogens with zero attached hydrogens (tertiary/aromatic N) is 3. The molecule has 0 saturated carbocycles. The number of rotatable bonds is 4. The van der Waals surface area contributed by atoms with Gasteiger partial charge in [-0.1, -0.05) is 5.16 Å². The lowest BCUT2D eigenvalue weighted by molar-refractivity contribution is 0.00585. The number of aromatic nitrogens is 2. The average Bonchev–Trinajstić information content (AvgIpc) is 3.18. The fraction of sp³-hybridized carbons (Fsp3) is 0.591. The number of carbonyl (C=O) groups is 1. The minimum absolute atomic E-state index is 0.187. The quantitative estimate of drug-likeness (QED) is 0.822. The first-order chi connectivity index (χ1) is 14.6. The number of amides is 1. The summed E-state index contributed by atoms with van der Waals surface area (Å²) in [5, 5.41) is 6.58. The third kappa shape index (κ3) is 3.70. The number of likely N-dealkylation sites (tertiary alicyclic amines) is 1. The Balaban J connectivity index is 1.32. The Labute approximate surface area is 175 Å². The number of fused-ring (bicyclic) bond motifs is 4. The summed E-state index contributed by atoms with van der Waals surface area (Å²) < 4.78 is 12.5. The van der Waals surface area contributed by atoms with Gasteiger partial charge in [-0.2, -0.15) is 0 Å². The van der Waals surface area contributed by atoms with E-state index < -0.39 is 0 Å². The summed E-state index contributed by atoms with van der Waals surface area (Å²) in [6.07, 6.45) is 3.31. The number of nitrogens with one attached hydrogen (secondary N) is 1. The number of piperidine rings is 1. The van der Waals surface area contributed by atoms with Crippen LogP contribution >= 0.6 is 0 Å². The van der Waals surface area contributed by atoms with Gasteiger partial charge in [0.05, 0.1) is 12.2 Å². The van der Waals surface area contributed by atoms with Crippen LogP contribution in [0.25, 0.3) is 0 Å². The zero-order chi connectivity index (χ0) is 20.7. The van der Waals surface area contributed by atoms with Crippen molar-refractivity contribution >= 4 is 5.91 Å². The third-order valence-corrected chi connectivity index (χ3v) is 6.68. The molecule has 5 heterocycles. The molecule has 1 amide bonds. The molecular weight excluding hydrogens is 384 g/mol. The van der Waals surface area contributed by atoms with E-state index in [1.807, 2.05) is 17.6 Å². The van der Waals surface area contributed by atoms with E-state index in [1.54, 1.807) is 12.1 Å². The van der Waals surface area contributed by atoms with Crippen LogP contribution < -0.4 is 10.9 Å². The van der Waals surface area contributed by atoms with Gasteiger partial charge in [0.2, 0.25) is 0 Å². The van der Waals surface area contributed by atoms with E-state index >= 15 is 0 Å². The number of carbonyl (C=O) groups excluding carboxylic acids is 1. The van der Waals surface area contributed by atoms with E-state index in [9.17, 15) is 9.59 Å². The lowest BCUT2D eigenvalue weighted by Gasteiger charge is -2.46. The molecule has 8 heteroatoms. The second kappa shape index (κ2) is 8.00. The van der Waals surface area contributed by atoms with Crippen LogP contribution in [0.15, 0.2) is 27.5 Å². The zero-order valence-corrected chi connectivity index (χ0v) is 17.3. The second-order valence-corrected chi connectivity index (χ2v) is 8.80. The largest absolute Gasteiger partial charge is 0.381 e. The number of aryl methyl sites for hydroxylation is 1. The topological polar surface area (TPSA) is 89.6 Å². The van der Waals surface area contributed by atoms with Crippen LogP contribution in [-0.2, 0) is 17.8 Å². The first-order valence-electron chi connectivity index (χ1n) is 10.8. The van der Waals surface area contributed by atoms with Crippen LogP contribution in [0, 0.1) is 12.8 Å². The molecule has 0 aromatic carbocycles. The lowest BCUT2D eigenvalue weighted by atomic mass is 9.82. The number of hydrogen-bond acceptors (Lipinski definition) is 6. The van der Waals surface area contributed by atoms with E-state index in [0.717, 1.165) is 57.0 Å². The minimum Gasteiger partial charge on any atom is -0.381 e. The molecule has 30 heavy (non-hydrogen) atoms. The zero-order valence-electron chi connectivity index (χ0n) is 17.3. The highest BCUT2D eigenvalue weighted by Crippen LogP contribution is 2.37. The summed E-state index contributed by atoms with van der Waals surface area (Å²) in [5.74, 6) is 1.00. The molecule has 160 valence electrons. The van der Waals surface area contributed by atoms with E-state index in [2.05, 4.69) is 15.4 Å². The molecule has 0 aliphatic carbocycles. The van der Waals surface area contributed by atoms with Crippen molar-refractivity contribution < 1.29 is 14.1 Å². The maximum atomic E-state index is 13.1. The molecule has 0 unspecified atom stereocenters. The Bertz CT molecular complexity index is 991. The van der Waals surface area contributed by atoms with Crippen molar-refractivity contribution in [2.24, 2.45) is 5.92 Å². The highest BCUT2D eigenvalue weighted by atomic mass is 16.5. The predicted octanol–water partition coefficient (Wildman–Crippen LogP) is 1.67. The molecule has 0 radical (unpaired) electrons. The van der Waals surface area contributed by atoms with Crippen LogP contribution in [0.2, 0.25) is 0 Å². The fourth-order valence-electron chi connectivity index (χ4n) is 5.27. The van der Waals surface area contributed by atoms with Gasteiger partial charge in [0.15, 0.2) is 5.76 Å². The van der Waals surface area contributed by atoms with Crippen LogP contribution in [-0.4, -0.2) is 52.9 Å². The Hall–Kier alpha value is -2.45. The molecule has 3 aliphatic rings. The number of hydrogen-bond donors (Lipinski definition) is 1. The minimum atomic E-state index is -0.371. The molecule has 2 atom stereocenters. The second-order valence-electron chi connectivity index (χ2n) is 8.80. The molecular formula is C22H28N4O4. The predicted molar refractivity (Wildman–Crippen MR) is 109 cm³/mol. The Morgan fingerprint density at radius 3 is 2.83 bits per heavy atom. The first-order valence-corrected chi connectivity index (χ1v) is 10.8. The van der Waals surface area contributed by atoms with Crippen molar-refractivity contribution in [1.29, 1.82) is 0 Å². The molecule has 3 aliphatic heterocycles. The maximum Gasteiger partial charge on any atom is 0.263 e. The van der Waals surface area contributed by atoms with Crippen molar-refractivity contribution in [3.63, 3.8) is 0 Å². The van der Waals surface area contributed by atoms with Crippen LogP contribution in [0.4, 0.5) is 0 Å². The highest BCUT2D eigenvalue weighted by Gasteiger charge is 2.37. The van der Waals surface area contributed by atoms with Gasteiger partial charge in [-0.05, 0) is 44.2 Å². The van der Waals surface area contributed by atoms with Gasteiger partial charge in [-0.15, -0.1) is 0 Å². The maximum absolute atomic E-state index is 13.1. The molecule has 2 aromatic rings. The van der Waals surface area contributed by atoms with E-state index in [-0.39, 0.29) is 23.6 Å². The van der Waals surface area contributed by atoms with E-state index in [0.29, 0.717) is 30.2 Å². The van der Waals surface area contributed by atoms with Crippen molar-refractivity contribution in [3.8, 4) is 0 Å². The van der Waals surface area contributed by atoms with Gasteiger partial charge < -0.3 is 19.1 Å². The molecule has 1 N–H and O–H groups in total. The summed E-state index contributed by atoms with van der Waals surface area (Å²) in [5.41, 5.74) is 1.83. The Morgan fingerprint density at radius 1 is 1.23 bits per heavy atom. The van der Waals surface area contributed by atoms with Gasteiger partial charge in [0.1, 0.15) is 5.56 Å². The summed E-state index contributed by atoms with van der Waals surface area (Å²) in [6.45, 7) is 6.42. The van der Waals surface area contributed by atoms with Crippen LogP contribution in [0.3, 0.4) is 0 Å². The summed E-state index contributed by atoms with van der Waals surface area (Å²) in [7, 11) is 0. The van der Waals surface area contributed by atoms with E-state index in [4.69, 9.17) is 9.26 Å².